The van der Waals surface area contributed by atoms with Crippen LogP contribution in [0.3, 0.4) is 0 Å². The largest absolute Gasteiger partial charge is 0.375 e. The van der Waals surface area contributed by atoms with E-state index in [-0.39, 0.29) is 11.6 Å². The predicted molar refractivity (Wildman–Crippen MR) is 81.7 cm³/mol. The van der Waals surface area contributed by atoms with Crippen LogP contribution in [0.1, 0.15) is 43.7 Å². The molecule has 1 aromatic carbocycles. The Labute approximate surface area is 126 Å². The van der Waals surface area contributed by atoms with Crippen LogP contribution in [0.2, 0.25) is 0 Å². The molecular formula is C16H23NO3S. The van der Waals surface area contributed by atoms with E-state index in [9.17, 15) is 8.42 Å². The molecule has 2 fully saturated rings. The van der Waals surface area contributed by atoms with Crippen LogP contribution in [0.15, 0.2) is 29.2 Å². The minimum absolute atomic E-state index is 0.0645. The zero-order valence-corrected chi connectivity index (χ0v) is 13.2. The topological polar surface area (TPSA) is 69.4 Å². The first-order valence-electron chi connectivity index (χ1n) is 7.59. The van der Waals surface area contributed by atoms with E-state index in [0.29, 0.717) is 10.8 Å². The van der Waals surface area contributed by atoms with Crippen molar-refractivity contribution in [1.82, 2.24) is 0 Å². The van der Waals surface area contributed by atoms with Gasteiger partial charge in [0.05, 0.1) is 10.5 Å². The quantitative estimate of drug-likeness (QED) is 0.931. The number of benzene rings is 1. The summed E-state index contributed by atoms with van der Waals surface area (Å²) in [4.78, 5) is 0.348. The molecule has 4 nitrogen and oxygen atoms in total. The number of nitrogens with two attached hydrogens (primary N) is 1. The fourth-order valence-electron chi connectivity index (χ4n) is 3.52. The van der Waals surface area contributed by atoms with Crippen molar-refractivity contribution in [3.05, 3.63) is 29.8 Å². The van der Waals surface area contributed by atoms with Gasteiger partial charge in [-0.25, -0.2) is 8.42 Å². The van der Waals surface area contributed by atoms with E-state index in [1.807, 2.05) is 6.07 Å². The van der Waals surface area contributed by atoms with Gasteiger partial charge in [0.25, 0.3) is 0 Å². The first-order chi connectivity index (χ1) is 9.90. The van der Waals surface area contributed by atoms with E-state index in [1.54, 1.807) is 18.2 Å². The van der Waals surface area contributed by atoms with E-state index >= 15 is 0 Å². The van der Waals surface area contributed by atoms with Gasteiger partial charge in [-0.3, -0.25) is 0 Å². The summed E-state index contributed by atoms with van der Waals surface area (Å²) in [7, 11) is -3.19. The number of hydrogen-bond acceptors (Lipinski definition) is 4. The third-order valence-electron chi connectivity index (χ3n) is 4.97. The molecule has 1 saturated carbocycles. The summed E-state index contributed by atoms with van der Waals surface area (Å²) in [6.07, 6.45) is 6.70. The lowest BCUT2D eigenvalue weighted by Crippen LogP contribution is -2.47. The highest BCUT2D eigenvalue weighted by Gasteiger charge is 2.43. The maximum absolute atomic E-state index is 11.7. The summed E-state index contributed by atoms with van der Waals surface area (Å²) >= 11 is 0. The summed E-state index contributed by atoms with van der Waals surface area (Å²) in [5, 5.41) is 0. The van der Waals surface area contributed by atoms with Crippen LogP contribution >= 0.6 is 0 Å². The number of sulfone groups is 1. The Morgan fingerprint density at radius 1 is 1.38 bits per heavy atom. The average Bonchev–Trinajstić information content (AvgIpc) is 2.44. The van der Waals surface area contributed by atoms with E-state index < -0.39 is 9.84 Å². The zero-order valence-electron chi connectivity index (χ0n) is 12.4. The molecule has 0 bridgehead atoms. The van der Waals surface area contributed by atoms with Gasteiger partial charge >= 0.3 is 0 Å². The molecule has 5 heteroatoms. The van der Waals surface area contributed by atoms with Crippen LogP contribution in [-0.4, -0.2) is 26.9 Å². The van der Waals surface area contributed by atoms with Crippen LogP contribution in [0.5, 0.6) is 0 Å². The summed E-state index contributed by atoms with van der Waals surface area (Å²) in [6.45, 7) is 0.768. The van der Waals surface area contributed by atoms with Crippen molar-refractivity contribution < 1.29 is 13.2 Å². The van der Waals surface area contributed by atoms with Gasteiger partial charge in [0.2, 0.25) is 0 Å². The predicted octanol–water partition coefficient (Wildman–Crippen LogP) is 2.44. The molecule has 0 amide bonds. The molecule has 2 unspecified atom stereocenters. The Morgan fingerprint density at radius 3 is 2.76 bits per heavy atom. The third kappa shape index (κ3) is 3.00. The van der Waals surface area contributed by atoms with E-state index in [0.717, 1.165) is 37.9 Å². The van der Waals surface area contributed by atoms with Gasteiger partial charge in [0.1, 0.15) is 0 Å². The van der Waals surface area contributed by atoms with Crippen LogP contribution < -0.4 is 5.73 Å². The van der Waals surface area contributed by atoms with Crippen molar-refractivity contribution in [2.24, 2.45) is 11.7 Å². The second-order valence-electron chi connectivity index (χ2n) is 6.51. The van der Waals surface area contributed by atoms with Gasteiger partial charge in [0, 0.05) is 18.9 Å². The second kappa shape index (κ2) is 5.38. The average molecular weight is 309 g/mol. The van der Waals surface area contributed by atoms with Crippen molar-refractivity contribution in [2.45, 2.75) is 48.6 Å². The van der Waals surface area contributed by atoms with E-state index in [1.165, 1.54) is 12.7 Å². The molecule has 21 heavy (non-hydrogen) atoms. The van der Waals surface area contributed by atoms with Crippen molar-refractivity contribution in [3.8, 4) is 0 Å². The molecule has 1 aliphatic carbocycles. The second-order valence-corrected chi connectivity index (χ2v) is 8.52. The standard InChI is InChI=1S/C16H23NO3S/c1-21(18,19)14-5-2-4-12(10-14)15(17)13-6-9-20-16(11-13)7-3-8-16/h2,4-5,10,13,15H,3,6-9,11,17H2,1H3. The normalized spacial score (nSPS) is 26.3. The van der Waals surface area contributed by atoms with Crippen LogP contribution in [0, 0.1) is 5.92 Å². The maximum atomic E-state index is 11.7. The summed E-state index contributed by atoms with van der Waals surface area (Å²) in [5.41, 5.74) is 7.41. The van der Waals surface area contributed by atoms with E-state index in [4.69, 9.17) is 10.5 Å². The summed E-state index contributed by atoms with van der Waals surface area (Å²) in [5.74, 6) is 0.369. The smallest absolute Gasteiger partial charge is 0.175 e. The molecule has 2 N–H and O–H groups in total. The maximum Gasteiger partial charge on any atom is 0.175 e. The fourth-order valence-corrected chi connectivity index (χ4v) is 4.19. The summed E-state index contributed by atoms with van der Waals surface area (Å²) in [6, 6.07) is 6.95. The molecule has 1 aliphatic heterocycles. The molecule has 0 radical (unpaired) electrons. The Bertz CT molecular complexity index is 622. The van der Waals surface area contributed by atoms with Crippen molar-refractivity contribution in [2.75, 3.05) is 12.9 Å². The molecule has 3 rings (SSSR count). The lowest BCUT2D eigenvalue weighted by Gasteiger charge is -2.48. The third-order valence-corrected chi connectivity index (χ3v) is 6.09. The van der Waals surface area contributed by atoms with Gasteiger partial charge in [0.15, 0.2) is 9.84 Å². The molecule has 2 atom stereocenters. The van der Waals surface area contributed by atoms with Crippen molar-refractivity contribution in [3.63, 3.8) is 0 Å². The monoisotopic (exact) mass is 309 g/mol. The molecule has 1 heterocycles. The van der Waals surface area contributed by atoms with Crippen LogP contribution in [0.25, 0.3) is 0 Å². The van der Waals surface area contributed by atoms with Crippen molar-refractivity contribution >= 4 is 9.84 Å². The summed E-state index contributed by atoms with van der Waals surface area (Å²) < 4.78 is 29.3. The molecule has 2 aliphatic rings. The molecular weight excluding hydrogens is 286 g/mol. The van der Waals surface area contributed by atoms with Gasteiger partial charge in [-0.05, 0) is 55.7 Å². The number of ether oxygens (including phenoxy) is 1. The van der Waals surface area contributed by atoms with Gasteiger partial charge < -0.3 is 10.5 Å². The highest BCUT2D eigenvalue weighted by molar-refractivity contribution is 7.90. The van der Waals surface area contributed by atoms with Crippen LogP contribution in [0.4, 0.5) is 0 Å². The Hall–Kier alpha value is -0.910. The van der Waals surface area contributed by atoms with Gasteiger partial charge in [-0.1, -0.05) is 12.1 Å². The highest BCUT2D eigenvalue weighted by atomic mass is 32.2. The Kier molecular flexibility index (Phi) is 3.84. The van der Waals surface area contributed by atoms with E-state index in [2.05, 4.69) is 0 Å². The minimum atomic E-state index is -3.19. The lowest BCUT2D eigenvalue weighted by atomic mass is 9.70. The Balaban J connectivity index is 1.80. The zero-order chi connectivity index (χ0) is 15.1. The minimum Gasteiger partial charge on any atom is -0.375 e. The number of hydrogen-bond donors (Lipinski definition) is 1. The molecule has 1 saturated heterocycles. The Morgan fingerprint density at radius 2 is 2.14 bits per heavy atom. The highest BCUT2D eigenvalue weighted by Crippen LogP contribution is 2.46. The van der Waals surface area contributed by atoms with Gasteiger partial charge in [-0.2, -0.15) is 0 Å². The SMILES string of the molecule is CS(=O)(=O)c1cccc(C(N)C2CCOC3(CCC3)C2)c1. The van der Waals surface area contributed by atoms with Crippen LogP contribution in [-0.2, 0) is 14.6 Å². The molecule has 1 spiro atoms. The lowest BCUT2D eigenvalue weighted by molar-refractivity contribution is -0.146. The fraction of sp³-hybridized carbons (Fsp3) is 0.625. The molecule has 116 valence electrons. The first-order valence-corrected chi connectivity index (χ1v) is 9.48. The van der Waals surface area contributed by atoms with Crippen molar-refractivity contribution in [1.29, 1.82) is 0 Å². The van der Waals surface area contributed by atoms with Gasteiger partial charge in [-0.15, -0.1) is 0 Å². The molecule has 0 aromatic heterocycles. The molecule has 1 aromatic rings. The first kappa shape index (κ1) is 15.0. The number of rotatable bonds is 3.